The smallest absolute Gasteiger partial charge is 0.138 e. The van der Waals surface area contributed by atoms with E-state index in [1.54, 1.807) is 29.2 Å². The fourth-order valence-corrected chi connectivity index (χ4v) is 4.26. The maximum atomic E-state index is 11.0. The molecule has 4 rings (SSSR count). The SMILES string of the molecule is OC(C(=CC1CC2C=CC1C2)n1cncn1)c1ccc(Cl)cc1Cl. The molecule has 1 heterocycles. The predicted octanol–water partition coefficient (Wildman–Crippen LogP) is 4.37. The lowest BCUT2D eigenvalue weighted by molar-refractivity contribution is 0.229. The van der Waals surface area contributed by atoms with Crippen LogP contribution in [0.15, 0.2) is 49.1 Å². The zero-order chi connectivity index (χ0) is 16.7. The summed E-state index contributed by atoms with van der Waals surface area (Å²) in [5, 5.41) is 16.1. The topological polar surface area (TPSA) is 50.9 Å². The van der Waals surface area contributed by atoms with Crippen LogP contribution in [-0.4, -0.2) is 19.9 Å². The van der Waals surface area contributed by atoms with Crippen LogP contribution in [0, 0.1) is 17.8 Å². The molecule has 1 N–H and O–H groups in total. The van der Waals surface area contributed by atoms with Crippen molar-refractivity contribution in [1.82, 2.24) is 14.8 Å². The highest BCUT2D eigenvalue weighted by atomic mass is 35.5. The van der Waals surface area contributed by atoms with E-state index in [0.717, 1.165) is 6.42 Å². The second kappa shape index (κ2) is 6.36. The molecule has 1 aromatic heterocycles. The normalized spacial score (nSPS) is 27.0. The van der Waals surface area contributed by atoms with E-state index in [1.807, 2.05) is 0 Å². The fourth-order valence-electron chi connectivity index (χ4n) is 3.75. The van der Waals surface area contributed by atoms with Gasteiger partial charge in [-0.15, -0.1) is 0 Å². The predicted molar refractivity (Wildman–Crippen MR) is 94.6 cm³/mol. The first-order valence-corrected chi connectivity index (χ1v) is 8.75. The van der Waals surface area contributed by atoms with Crippen molar-refractivity contribution in [3.8, 4) is 0 Å². The maximum absolute atomic E-state index is 11.0. The molecular formula is C18H17Cl2N3O. The van der Waals surface area contributed by atoms with Gasteiger partial charge in [0.05, 0.1) is 5.70 Å². The lowest BCUT2D eigenvalue weighted by Gasteiger charge is -2.21. The number of hydrogen-bond acceptors (Lipinski definition) is 3. The highest BCUT2D eigenvalue weighted by Crippen LogP contribution is 2.45. The van der Waals surface area contributed by atoms with Crippen LogP contribution in [0.3, 0.4) is 0 Å². The number of aliphatic hydroxyl groups excluding tert-OH is 1. The summed E-state index contributed by atoms with van der Waals surface area (Å²) in [7, 11) is 0. The molecule has 2 aliphatic carbocycles. The monoisotopic (exact) mass is 361 g/mol. The minimum absolute atomic E-state index is 0.403. The number of hydrogen-bond donors (Lipinski definition) is 1. The van der Waals surface area contributed by atoms with Crippen molar-refractivity contribution in [1.29, 1.82) is 0 Å². The van der Waals surface area contributed by atoms with Crippen LogP contribution in [0.1, 0.15) is 24.5 Å². The average Bonchev–Trinajstić information content (AvgIpc) is 3.29. The third-order valence-electron chi connectivity index (χ3n) is 4.94. The summed E-state index contributed by atoms with van der Waals surface area (Å²) in [6.07, 6.45) is 11.2. The Kier molecular flexibility index (Phi) is 4.21. The third-order valence-corrected chi connectivity index (χ3v) is 5.50. The number of fused-ring (bicyclic) bond motifs is 2. The van der Waals surface area contributed by atoms with Gasteiger partial charge in [0.1, 0.15) is 18.8 Å². The highest BCUT2D eigenvalue weighted by Gasteiger charge is 2.35. The van der Waals surface area contributed by atoms with Crippen LogP contribution in [-0.2, 0) is 0 Å². The molecule has 0 amide bonds. The summed E-state index contributed by atoms with van der Waals surface area (Å²) in [6.45, 7) is 0. The molecule has 0 radical (unpaired) electrons. The summed E-state index contributed by atoms with van der Waals surface area (Å²) in [4.78, 5) is 4.01. The maximum Gasteiger partial charge on any atom is 0.138 e. The van der Waals surface area contributed by atoms with Crippen molar-refractivity contribution < 1.29 is 5.11 Å². The van der Waals surface area contributed by atoms with Crippen LogP contribution >= 0.6 is 23.2 Å². The molecule has 2 bridgehead atoms. The quantitative estimate of drug-likeness (QED) is 0.822. The van der Waals surface area contributed by atoms with Crippen LogP contribution < -0.4 is 0 Å². The summed E-state index contributed by atoms with van der Waals surface area (Å²) in [5.41, 5.74) is 1.30. The van der Waals surface area contributed by atoms with E-state index in [4.69, 9.17) is 23.2 Å². The number of nitrogens with zero attached hydrogens (tertiary/aromatic N) is 3. The zero-order valence-corrected chi connectivity index (χ0v) is 14.4. The van der Waals surface area contributed by atoms with E-state index in [0.29, 0.717) is 39.1 Å². The van der Waals surface area contributed by atoms with E-state index in [9.17, 15) is 5.11 Å². The molecule has 4 unspecified atom stereocenters. The van der Waals surface area contributed by atoms with E-state index < -0.39 is 6.10 Å². The lowest BCUT2D eigenvalue weighted by atomic mass is 9.91. The minimum Gasteiger partial charge on any atom is -0.382 e. The molecule has 1 saturated carbocycles. The Labute approximate surface area is 150 Å². The van der Waals surface area contributed by atoms with Gasteiger partial charge < -0.3 is 5.11 Å². The second-order valence-electron chi connectivity index (χ2n) is 6.44. The van der Waals surface area contributed by atoms with Gasteiger partial charge in [-0.1, -0.05) is 47.5 Å². The van der Waals surface area contributed by atoms with Crippen LogP contribution in [0.4, 0.5) is 0 Å². The number of benzene rings is 1. The number of rotatable bonds is 4. The van der Waals surface area contributed by atoms with Gasteiger partial charge in [-0.25, -0.2) is 9.67 Å². The molecule has 124 valence electrons. The van der Waals surface area contributed by atoms with E-state index in [1.165, 1.54) is 12.7 Å². The van der Waals surface area contributed by atoms with Gasteiger partial charge in [-0.05, 0) is 42.7 Å². The molecular weight excluding hydrogens is 345 g/mol. The van der Waals surface area contributed by atoms with Gasteiger partial charge in [-0.3, -0.25) is 0 Å². The number of halogens is 2. The van der Waals surface area contributed by atoms with Crippen molar-refractivity contribution >= 4 is 28.9 Å². The molecule has 4 atom stereocenters. The Bertz CT molecular complexity index is 801. The zero-order valence-electron chi connectivity index (χ0n) is 12.9. The molecule has 0 saturated heterocycles. The number of allylic oxidation sites excluding steroid dienone is 3. The standard InChI is InChI=1S/C18H17Cl2N3O/c19-14-3-4-15(16(20)8-14)18(24)17(23-10-21-9-22-23)7-13-6-11-1-2-12(13)5-11/h1-4,7-13,18,24H,5-6H2. The van der Waals surface area contributed by atoms with E-state index >= 15 is 0 Å². The molecule has 1 fully saturated rings. The Morgan fingerprint density at radius 1 is 1.29 bits per heavy atom. The van der Waals surface area contributed by atoms with Gasteiger partial charge in [0.2, 0.25) is 0 Å². The van der Waals surface area contributed by atoms with Crippen molar-refractivity contribution in [2.45, 2.75) is 18.9 Å². The molecule has 24 heavy (non-hydrogen) atoms. The molecule has 4 nitrogen and oxygen atoms in total. The first kappa shape index (κ1) is 15.9. The van der Waals surface area contributed by atoms with Crippen LogP contribution in [0.5, 0.6) is 0 Å². The van der Waals surface area contributed by atoms with Crippen molar-refractivity contribution in [3.63, 3.8) is 0 Å². The van der Waals surface area contributed by atoms with Crippen molar-refractivity contribution in [2.75, 3.05) is 0 Å². The Balaban J connectivity index is 1.72. The van der Waals surface area contributed by atoms with Gasteiger partial charge >= 0.3 is 0 Å². The third kappa shape index (κ3) is 2.90. The summed E-state index contributed by atoms with van der Waals surface area (Å²) in [5.74, 6) is 1.60. The summed E-state index contributed by atoms with van der Waals surface area (Å²) < 4.78 is 1.62. The molecule has 0 spiro atoms. The van der Waals surface area contributed by atoms with E-state index in [-0.39, 0.29) is 0 Å². The Morgan fingerprint density at radius 2 is 2.17 bits per heavy atom. The fraction of sp³-hybridized carbons (Fsp3) is 0.333. The molecule has 6 heteroatoms. The molecule has 1 aromatic carbocycles. The highest BCUT2D eigenvalue weighted by molar-refractivity contribution is 6.35. The molecule has 0 aliphatic heterocycles. The van der Waals surface area contributed by atoms with Gasteiger partial charge in [0.25, 0.3) is 0 Å². The molecule has 2 aromatic rings. The minimum atomic E-state index is -0.889. The Morgan fingerprint density at radius 3 is 2.79 bits per heavy atom. The summed E-state index contributed by atoms with van der Waals surface area (Å²) >= 11 is 12.2. The first-order chi connectivity index (χ1) is 11.6. The van der Waals surface area contributed by atoms with Crippen LogP contribution in [0.2, 0.25) is 10.0 Å². The average molecular weight is 362 g/mol. The first-order valence-electron chi connectivity index (χ1n) is 8.00. The Hall–Kier alpha value is -1.62. The largest absolute Gasteiger partial charge is 0.382 e. The van der Waals surface area contributed by atoms with E-state index in [2.05, 4.69) is 28.3 Å². The van der Waals surface area contributed by atoms with Gasteiger partial charge in [0, 0.05) is 15.6 Å². The van der Waals surface area contributed by atoms with Crippen molar-refractivity contribution in [2.24, 2.45) is 17.8 Å². The lowest BCUT2D eigenvalue weighted by Crippen LogP contribution is -2.13. The van der Waals surface area contributed by atoms with Crippen molar-refractivity contribution in [3.05, 3.63) is 64.7 Å². The van der Waals surface area contributed by atoms with Gasteiger partial charge in [0.15, 0.2) is 0 Å². The van der Waals surface area contributed by atoms with Gasteiger partial charge in [-0.2, -0.15) is 5.10 Å². The van der Waals surface area contributed by atoms with Crippen LogP contribution in [0.25, 0.3) is 5.70 Å². The number of aromatic nitrogens is 3. The molecule has 2 aliphatic rings. The summed E-state index contributed by atoms with van der Waals surface area (Å²) in [6, 6.07) is 5.12. The number of aliphatic hydroxyl groups is 1. The second-order valence-corrected chi connectivity index (χ2v) is 7.29.